The second-order valence-corrected chi connectivity index (χ2v) is 4.61. The van der Waals surface area contributed by atoms with E-state index in [0.717, 1.165) is 11.1 Å². The lowest BCUT2D eigenvalue weighted by molar-refractivity contribution is -0.138. The Hall–Kier alpha value is -2.68. The number of benzene rings is 2. The van der Waals surface area contributed by atoms with Gasteiger partial charge in [-0.3, -0.25) is 4.99 Å². The zero-order chi connectivity index (χ0) is 14.9. The van der Waals surface area contributed by atoms with Crippen molar-refractivity contribution in [2.75, 3.05) is 0 Å². The van der Waals surface area contributed by atoms with Crippen molar-refractivity contribution in [3.63, 3.8) is 0 Å². The maximum atomic E-state index is 11.2. The van der Waals surface area contributed by atoms with Gasteiger partial charge < -0.3 is 5.11 Å². The molecule has 0 spiro atoms. The van der Waals surface area contributed by atoms with E-state index in [-0.39, 0.29) is 0 Å². The predicted octanol–water partition coefficient (Wildman–Crippen LogP) is 3.47. The van der Waals surface area contributed by atoms with Gasteiger partial charge in [0.2, 0.25) is 0 Å². The summed E-state index contributed by atoms with van der Waals surface area (Å²) in [5.41, 5.74) is 2.02. The van der Waals surface area contributed by atoms with Gasteiger partial charge in [-0.05, 0) is 17.2 Å². The number of hydrogen-bond donors (Lipinski definition) is 1. The minimum absolute atomic E-state index is 0.395. The molecule has 0 unspecified atom stereocenters. The normalized spacial score (nSPS) is 12.8. The Kier molecular flexibility index (Phi) is 5.47. The number of aliphatic carboxylic acids is 1. The van der Waals surface area contributed by atoms with Crippen molar-refractivity contribution in [2.24, 2.45) is 4.99 Å². The molecule has 3 nitrogen and oxygen atoms in total. The maximum absolute atomic E-state index is 11.2. The van der Waals surface area contributed by atoms with Crippen LogP contribution in [0.5, 0.6) is 0 Å². The van der Waals surface area contributed by atoms with Crippen LogP contribution in [0.25, 0.3) is 6.08 Å². The van der Waals surface area contributed by atoms with Gasteiger partial charge in [0.1, 0.15) is 0 Å². The largest absolute Gasteiger partial charge is 0.480 e. The van der Waals surface area contributed by atoms with Crippen LogP contribution in [0.2, 0.25) is 0 Å². The molecule has 2 aromatic rings. The average Bonchev–Trinajstić information content (AvgIpc) is 2.52. The Morgan fingerprint density at radius 3 is 2.29 bits per heavy atom. The van der Waals surface area contributed by atoms with Crippen molar-refractivity contribution in [2.45, 2.75) is 12.5 Å². The lowest BCUT2D eigenvalue weighted by atomic mass is 10.1. The van der Waals surface area contributed by atoms with Crippen LogP contribution in [0, 0.1) is 0 Å². The highest BCUT2D eigenvalue weighted by Gasteiger charge is 2.15. The summed E-state index contributed by atoms with van der Waals surface area (Å²) >= 11 is 0. The molecule has 2 rings (SSSR count). The molecule has 2 aromatic carbocycles. The summed E-state index contributed by atoms with van der Waals surface area (Å²) in [4.78, 5) is 15.4. The van der Waals surface area contributed by atoms with Gasteiger partial charge in [-0.1, -0.05) is 66.7 Å². The minimum Gasteiger partial charge on any atom is -0.480 e. The van der Waals surface area contributed by atoms with E-state index in [4.69, 9.17) is 0 Å². The topological polar surface area (TPSA) is 49.7 Å². The number of carboxylic acid groups (broad SMARTS) is 1. The molecule has 0 heterocycles. The van der Waals surface area contributed by atoms with Crippen molar-refractivity contribution in [3.05, 3.63) is 77.9 Å². The van der Waals surface area contributed by atoms with Crippen molar-refractivity contribution in [1.29, 1.82) is 0 Å². The van der Waals surface area contributed by atoms with E-state index in [1.54, 1.807) is 12.3 Å². The van der Waals surface area contributed by atoms with E-state index in [2.05, 4.69) is 4.99 Å². The van der Waals surface area contributed by atoms with Gasteiger partial charge in [0.15, 0.2) is 6.04 Å². The third-order valence-electron chi connectivity index (χ3n) is 3.00. The second kappa shape index (κ2) is 7.80. The molecule has 106 valence electrons. The van der Waals surface area contributed by atoms with Crippen LogP contribution in [0.1, 0.15) is 11.1 Å². The molecule has 21 heavy (non-hydrogen) atoms. The van der Waals surface area contributed by atoms with Crippen LogP contribution in [0.15, 0.2) is 71.7 Å². The summed E-state index contributed by atoms with van der Waals surface area (Å²) in [6, 6.07) is 18.6. The Labute approximate surface area is 124 Å². The molecule has 0 aliphatic heterocycles. The predicted molar refractivity (Wildman–Crippen MR) is 85.5 cm³/mol. The van der Waals surface area contributed by atoms with E-state index in [1.165, 1.54) is 0 Å². The van der Waals surface area contributed by atoms with Gasteiger partial charge in [0.05, 0.1) is 0 Å². The Morgan fingerprint density at radius 1 is 1.05 bits per heavy atom. The first-order valence-corrected chi connectivity index (χ1v) is 6.77. The molecule has 1 atom stereocenters. The van der Waals surface area contributed by atoms with E-state index in [0.29, 0.717) is 6.42 Å². The van der Waals surface area contributed by atoms with Crippen molar-refractivity contribution >= 4 is 18.3 Å². The first-order chi connectivity index (χ1) is 10.3. The average molecular weight is 279 g/mol. The van der Waals surface area contributed by atoms with Crippen LogP contribution < -0.4 is 0 Å². The summed E-state index contributed by atoms with van der Waals surface area (Å²) in [5, 5.41) is 9.21. The lowest BCUT2D eigenvalue weighted by Crippen LogP contribution is -2.20. The zero-order valence-corrected chi connectivity index (χ0v) is 11.6. The van der Waals surface area contributed by atoms with E-state index in [9.17, 15) is 9.90 Å². The van der Waals surface area contributed by atoms with Gasteiger partial charge in [0, 0.05) is 12.6 Å². The molecular weight excluding hydrogens is 262 g/mol. The first-order valence-electron chi connectivity index (χ1n) is 6.77. The smallest absolute Gasteiger partial charge is 0.328 e. The number of nitrogens with zero attached hydrogens (tertiary/aromatic N) is 1. The zero-order valence-electron chi connectivity index (χ0n) is 11.6. The fourth-order valence-corrected chi connectivity index (χ4v) is 1.91. The van der Waals surface area contributed by atoms with Gasteiger partial charge in [-0.15, -0.1) is 0 Å². The molecule has 1 N–H and O–H groups in total. The van der Waals surface area contributed by atoms with E-state index in [1.807, 2.05) is 66.7 Å². The number of carbonyl (C=O) groups is 1. The quantitative estimate of drug-likeness (QED) is 0.823. The summed E-state index contributed by atoms with van der Waals surface area (Å²) in [7, 11) is 0. The molecule has 0 aliphatic carbocycles. The minimum atomic E-state index is -0.914. The third-order valence-corrected chi connectivity index (χ3v) is 3.00. The van der Waals surface area contributed by atoms with Crippen LogP contribution in [0.4, 0.5) is 0 Å². The third kappa shape index (κ3) is 5.07. The standard InChI is InChI=1S/C18H17NO2/c20-18(21)17(14-16-10-5-2-6-11-16)19-13-7-12-15-8-3-1-4-9-15/h1-13,17H,14H2,(H,20,21)/b12-7+,19-13?/t17-/m0/s1. The molecule has 0 saturated carbocycles. The highest BCUT2D eigenvalue weighted by molar-refractivity contribution is 5.82. The van der Waals surface area contributed by atoms with Gasteiger partial charge in [-0.2, -0.15) is 0 Å². The number of allylic oxidation sites excluding steroid dienone is 1. The van der Waals surface area contributed by atoms with Gasteiger partial charge in [0.25, 0.3) is 0 Å². The molecule has 0 fully saturated rings. The Balaban J connectivity index is 1.98. The number of rotatable bonds is 6. The summed E-state index contributed by atoms with van der Waals surface area (Å²) < 4.78 is 0. The van der Waals surface area contributed by atoms with Crippen LogP contribution >= 0.6 is 0 Å². The summed E-state index contributed by atoms with van der Waals surface area (Å²) in [6.45, 7) is 0. The maximum Gasteiger partial charge on any atom is 0.328 e. The van der Waals surface area contributed by atoms with Crippen molar-refractivity contribution < 1.29 is 9.90 Å². The molecule has 0 saturated heterocycles. The summed E-state index contributed by atoms with van der Waals surface area (Å²) in [5.74, 6) is -0.914. The monoisotopic (exact) mass is 279 g/mol. The van der Waals surface area contributed by atoms with Gasteiger partial charge >= 0.3 is 5.97 Å². The van der Waals surface area contributed by atoms with Crippen LogP contribution in [-0.4, -0.2) is 23.3 Å². The Bertz CT molecular complexity index is 618. The molecule has 3 heteroatoms. The fourth-order valence-electron chi connectivity index (χ4n) is 1.91. The van der Waals surface area contributed by atoms with Crippen molar-refractivity contribution in [3.8, 4) is 0 Å². The lowest BCUT2D eigenvalue weighted by Gasteiger charge is -2.06. The summed E-state index contributed by atoms with van der Waals surface area (Å²) in [6.07, 6.45) is 5.60. The second-order valence-electron chi connectivity index (χ2n) is 4.61. The van der Waals surface area contributed by atoms with E-state index >= 15 is 0 Å². The molecule has 0 radical (unpaired) electrons. The molecule has 0 aliphatic rings. The number of hydrogen-bond acceptors (Lipinski definition) is 2. The van der Waals surface area contributed by atoms with E-state index < -0.39 is 12.0 Å². The highest BCUT2D eigenvalue weighted by atomic mass is 16.4. The fraction of sp³-hybridized carbons (Fsp3) is 0.111. The van der Waals surface area contributed by atoms with Crippen LogP contribution in [-0.2, 0) is 11.2 Å². The molecule has 0 aromatic heterocycles. The highest BCUT2D eigenvalue weighted by Crippen LogP contribution is 2.06. The molecule has 0 bridgehead atoms. The number of carboxylic acids is 1. The van der Waals surface area contributed by atoms with Gasteiger partial charge in [-0.25, -0.2) is 4.79 Å². The molecule has 0 amide bonds. The van der Waals surface area contributed by atoms with Crippen LogP contribution in [0.3, 0.4) is 0 Å². The number of aliphatic imine (C=N–C) groups is 1. The Morgan fingerprint density at radius 2 is 1.67 bits per heavy atom. The first kappa shape index (κ1) is 14.7. The SMILES string of the molecule is O=C(O)[C@H](Cc1ccccc1)N=C/C=C/c1ccccc1. The van der Waals surface area contributed by atoms with Crippen molar-refractivity contribution in [1.82, 2.24) is 0 Å². The molecular formula is C18H17NO2.